The lowest BCUT2D eigenvalue weighted by molar-refractivity contribution is -0.118. The first-order valence-corrected chi connectivity index (χ1v) is 6.74. The lowest BCUT2D eigenvalue weighted by Gasteiger charge is -2.16. The molecule has 3 N–H and O–H groups in total. The predicted molar refractivity (Wildman–Crippen MR) is 79.3 cm³/mol. The van der Waals surface area contributed by atoms with Crippen LogP contribution in [0.25, 0.3) is 0 Å². The number of amides is 1. The summed E-state index contributed by atoms with van der Waals surface area (Å²) in [5.41, 5.74) is 7.37. The number of aromatic nitrogens is 2. The zero-order valence-electron chi connectivity index (χ0n) is 12.3. The van der Waals surface area contributed by atoms with Crippen LogP contribution in [-0.4, -0.2) is 15.7 Å². The van der Waals surface area contributed by atoms with Crippen LogP contribution in [0.1, 0.15) is 37.1 Å². The highest BCUT2D eigenvalue weighted by Crippen LogP contribution is 2.22. The third kappa shape index (κ3) is 3.59. The first-order valence-electron chi connectivity index (χ1n) is 6.74. The van der Waals surface area contributed by atoms with Gasteiger partial charge >= 0.3 is 0 Å². The zero-order valence-corrected chi connectivity index (χ0v) is 12.3. The molecular formula is C15H19FN4O. The first kappa shape index (κ1) is 15.0. The predicted octanol–water partition coefficient (Wildman–Crippen LogP) is 2.55. The van der Waals surface area contributed by atoms with Crippen molar-refractivity contribution in [3.63, 3.8) is 0 Å². The van der Waals surface area contributed by atoms with E-state index in [2.05, 4.69) is 10.4 Å². The second-order valence-corrected chi connectivity index (χ2v) is 5.34. The van der Waals surface area contributed by atoms with E-state index in [9.17, 15) is 9.18 Å². The lowest BCUT2D eigenvalue weighted by Crippen LogP contribution is -2.27. The van der Waals surface area contributed by atoms with E-state index in [1.54, 1.807) is 30.1 Å². The van der Waals surface area contributed by atoms with E-state index >= 15 is 0 Å². The summed E-state index contributed by atoms with van der Waals surface area (Å²) in [5.74, 6) is -0.904. The van der Waals surface area contributed by atoms with Crippen LogP contribution >= 0.6 is 0 Å². The van der Waals surface area contributed by atoms with Gasteiger partial charge in [-0.1, -0.05) is 0 Å². The molecule has 0 saturated heterocycles. The molecule has 0 spiro atoms. The Balaban J connectivity index is 2.28. The molecule has 1 heterocycles. The maximum atomic E-state index is 13.4. The topological polar surface area (TPSA) is 72.9 Å². The monoisotopic (exact) mass is 290 g/mol. The Morgan fingerprint density at radius 1 is 1.38 bits per heavy atom. The van der Waals surface area contributed by atoms with Gasteiger partial charge in [-0.15, -0.1) is 0 Å². The van der Waals surface area contributed by atoms with Crippen LogP contribution in [0.3, 0.4) is 0 Å². The van der Waals surface area contributed by atoms with Crippen molar-refractivity contribution in [1.82, 2.24) is 9.78 Å². The molecule has 1 atom stereocenters. The first-order chi connectivity index (χ1) is 9.86. The lowest BCUT2D eigenvalue weighted by atomic mass is 10.1. The number of primary amides is 1. The number of rotatable bonds is 5. The Bertz CT molecular complexity index is 631. The normalized spacial score (nSPS) is 12.4. The summed E-state index contributed by atoms with van der Waals surface area (Å²) in [6.45, 7) is 5.75. The highest BCUT2D eigenvalue weighted by molar-refractivity contribution is 5.84. The molecule has 1 unspecified atom stereocenters. The number of carbonyl (C=O) groups is 1. The molecule has 0 aliphatic heterocycles. The third-order valence-corrected chi connectivity index (χ3v) is 3.12. The average molecular weight is 290 g/mol. The molecule has 0 fully saturated rings. The van der Waals surface area contributed by atoms with Gasteiger partial charge in [0.2, 0.25) is 5.91 Å². The highest BCUT2D eigenvalue weighted by Gasteiger charge is 2.20. The Kier molecular flexibility index (Phi) is 4.26. The molecule has 21 heavy (non-hydrogen) atoms. The summed E-state index contributed by atoms with van der Waals surface area (Å²) in [4.78, 5) is 11.7. The SMILES string of the molecule is Cc1cc(F)cc(NC(C(N)=O)c2cnn(C(C)C)c2)c1. The molecule has 2 aromatic rings. The number of carbonyl (C=O) groups excluding carboxylic acids is 1. The molecule has 0 aliphatic rings. The van der Waals surface area contributed by atoms with Gasteiger partial charge in [0, 0.05) is 23.5 Å². The largest absolute Gasteiger partial charge is 0.370 e. The highest BCUT2D eigenvalue weighted by atomic mass is 19.1. The summed E-state index contributed by atoms with van der Waals surface area (Å²) >= 11 is 0. The van der Waals surface area contributed by atoms with E-state index in [1.165, 1.54) is 12.1 Å². The zero-order chi connectivity index (χ0) is 15.6. The van der Waals surface area contributed by atoms with E-state index in [4.69, 9.17) is 5.73 Å². The van der Waals surface area contributed by atoms with Gasteiger partial charge in [-0.2, -0.15) is 5.10 Å². The van der Waals surface area contributed by atoms with Crippen LogP contribution in [0, 0.1) is 12.7 Å². The van der Waals surface area contributed by atoms with E-state index < -0.39 is 11.9 Å². The Morgan fingerprint density at radius 2 is 2.10 bits per heavy atom. The number of hydrogen-bond donors (Lipinski definition) is 2. The van der Waals surface area contributed by atoms with Gasteiger partial charge in [-0.25, -0.2) is 4.39 Å². The summed E-state index contributed by atoms with van der Waals surface area (Å²) in [5, 5.41) is 7.15. The van der Waals surface area contributed by atoms with Crippen LogP contribution in [0.5, 0.6) is 0 Å². The summed E-state index contributed by atoms with van der Waals surface area (Å²) in [7, 11) is 0. The van der Waals surface area contributed by atoms with Crippen LogP contribution in [0.4, 0.5) is 10.1 Å². The number of aryl methyl sites for hydroxylation is 1. The van der Waals surface area contributed by atoms with Crippen LogP contribution in [-0.2, 0) is 4.79 Å². The van der Waals surface area contributed by atoms with E-state index in [-0.39, 0.29) is 11.9 Å². The number of benzene rings is 1. The fourth-order valence-electron chi connectivity index (χ4n) is 2.09. The van der Waals surface area contributed by atoms with Crippen molar-refractivity contribution >= 4 is 11.6 Å². The molecule has 1 amide bonds. The minimum atomic E-state index is -0.751. The van der Waals surface area contributed by atoms with Crippen molar-refractivity contribution in [2.24, 2.45) is 5.73 Å². The molecule has 112 valence electrons. The van der Waals surface area contributed by atoms with E-state index in [0.29, 0.717) is 11.3 Å². The molecule has 1 aromatic carbocycles. The number of hydrogen-bond acceptors (Lipinski definition) is 3. The number of halogens is 1. The van der Waals surface area contributed by atoms with Crippen LogP contribution in [0.2, 0.25) is 0 Å². The van der Waals surface area contributed by atoms with Crippen molar-refractivity contribution in [3.05, 3.63) is 47.5 Å². The molecule has 5 nitrogen and oxygen atoms in total. The molecule has 0 radical (unpaired) electrons. The van der Waals surface area contributed by atoms with Crippen LogP contribution in [0.15, 0.2) is 30.6 Å². The molecule has 6 heteroatoms. The van der Waals surface area contributed by atoms with Crippen LogP contribution < -0.4 is 11.1 Å². The molecule has 0 bridgehead atoms. The van der Waals surface area contributed by atoms with Gasteiger partial charge in [0.1, 0.15) is 11.9 Å². The van der Waals surface area contributed by atoms with Crippen molar-refractivity contribution in [1.29, 1.82) is 0 Å². The van der Waals surface area contributed by atoms with Gasteiger partial charge in [-0.3, -0.25) is 9.48 Å². The maximum Gasteiger partial charge on any atom is 0.244 e. The average Bonchev–Trinajstić information content (AvgIpc) is 2.83. The van der Waals surface area contributed by atoms with E-state index in [0.717, 1.165) is 5.56 Å². The molecule has 2 rings (SSSR count). The van der Waals surface area contributed by atoms with Gasteiger partial charge in [0.15, 0.2) is 0 Å². The quantitative estimate of drug-likeness (QED) is 0.888. The minimum absolute atomic E-state index is 0.184. The number of nitrogens with zero attached hydrogens (tertiary/aromatic N) is 2. The second kappa shape index (κ2) is 5.95. The van der Waals surface area contributed by atoms with Crippen molar-refractivity contribution in [2.45, 2.75) is 32.9 Å². The van der Waals surface area contributed by atoms with Crippen molar-refractivity contribution < 1.29 is 9.18 Å². The standard InChI is InChI=1S/C15H19FN4O/c1-9(2)20-8-11(7-18-20)14(15(17)21)19-13-5-10(3)4-12(16)6-13/h4-9,14,19H,1-3H3,(H2,17,21). The number of nitrogens with one attached hydrogen (secondary N) is 1. The van der Waals surface area contributed by atoms with Gasteiger partial charge in [0.25, 0.3) is 0 Å². The molecule has 1 aromatic heterocycles. The summed E-state index contributed by atoms with van der Waals surface area (Å²) in [6, 6.07) is 3.94. The second-order valence-electron chi connectivity index (χ2n) is 5.34. The van der Waals surface area contributed by atoms with Gasteiger partial charge in [0.05, 0.1) is 6.20 Å². The summed E-state index contributed by atoms with van der Waals surface area (Å²) < 4.78 is 15.2. The maximum absolute atomic E-state index is 13.4. The Morgan fingerprint density at radius 3 is 2.62 bits per heavy atom. The van der Waals surface area contributed by atoms with Crippen molar-refractivity contribution in [3.8, 4) is 0 Å². The third-order valence-electron chi connectivity index (χ3n) is 3.12. The molecular weight excluding hydrogens is 271 g/mol. The summed E-state index contributed by atoms with van der Waals surface area (Å²) in [6.07, 6.45) is 3.35. The number of nitrogens with two attached hydrogens (primary N) is 1. The smallest absolute Gasteiger partial charge is 0.244 e. The Hall–Kier alpha value is -2.37. The Labute approximate surface area is 123 Å². The minimum Gasteiger partial charge on any atom is -0.370 e. The molecule has 0 aliphatic carbocycles. The van der Waals surface area contributed by atoms with Crippen molar-refractivity contribution in [2.75, 3.05) is 5.32 Å². The van der Waals surface area contributed by atoms with E-state index in [1.807, 2.05) is 13.8 Å². The van der Waals surface area contributed by atoms with Gasteiger partial charge in [-0.05, 0) is 44.5 Å². The fraction of sp³-hybridized carbons (Fsp3) is 0.333. The molecule has 0 saturated carbocycles. The van der Waals surface area contributed by atoms with Gasteiger partial charge < -0.3 is 11.1 Å². The number of anilines is 1. The fourth-order valence-corrected chi connectivity index (χ4v) is 2.09.